The first-order valence-electron chi connectivity index (χ1n) is 11.4. The lowest BCUT2D eigenvalue weighted by atomic mass is 10.0. The van der Waals surface area contributed by atoms with Crippen molar-refractivity contribution in [2.75, 3.05) is 12.0 Å². The van der Waals surface area contributed by atoms with Gasteiger partial charge >= 0.3 is 0 Å². The molecule has 0 saturated heterocycles. The summed E-state index contributed by atoms with van der Waals surface area (Å²) in [5.74, 6) is 0.600. The minimum absolute atomic E-state index is 0.101. The van der Waals surface area contributed by atoms with Crippen LogP contribution < -0.4 is 9.64 Å². The molecule has 0 spiro atoms. The summed E-state index contributed by atoms with van der Waals surface area (Å²) >= 11 is 1.50. The van der Waals surface area contributed by atoms with Crippen LogP contribution in [0.4, 0.5) is 5.13 Å². The lowest BCUT2D eigenvalue weighted by molar-refractivity contribution is 0.0985. The summed E-state index contributed by atoms with van der Waals surface area (Å²) in [6, 6.07) is 25.9. The number of carbonyl (C=O) groups is 1. The number of aryl methyl sites for hydroxylation is 1. The van der Waals surface area contributed by atoms with Gasteiger partial charge in [0, 0.05) is 18.0 Å². The summed E-state index contributed by atoms with van der Waals surface area (Å²) in [5, 5.41) is 0.634. The maximum Gasteiger partial charge on any atom is 0.260 e. The largest absolute Gasteiger partial charge is 0.494 e. The van der Waals surface area contributed by atoms with E-state index in [2.05, 4.69) is 17.1 Å². The molecule has 0 bridgehead atoms. The van der Waals surface area contributed by atoms with Crippen LogP contribution in [0.15, 0.2) is 91.3 Å². The first-order chi connectivity index (χ1) is 17.1. The zero-order valence-electron chi connectivity index (χ0n) is 19.6. The zero-order chi connectivity index (χ0) is 24.2. The smallest absolute Gasteiger partial charge is 0.260 e. The van der Waals surface area contributed by atoms with Crippen molar-refractivity contribution in [1.29, 1.82) is 0 Å². The molecule has 1 amide bonds. The van der Waals surface area contributed by atoms with Crippen molar-refractivity contribution in [3.05, 3.63) is 119 Å². The van der Waals surface area contributed by atoms with Crippen LogP contribution in [-0.4, -0.2) is 23.0 Å². The second kappa shape index (κ2) is 10.1. The highest BCUT2D eigenvalue weighted by molar-refractivity contribution is 7.22. The van der Waals surface area contributed by atoms with E-state index in [0.717, 1.165) is 33.3 Å². The van der Waals surface area contributed by atoms with Crippen molar-refractivity contribution >= 4 is 32.6 Å². The van der Waals surface area contributed by atoms with Crippen LogP contribution in [-0.2, 0) is 13.0 Å². The predicted molar refractivity (Wildman–Crippen MR) is 141 cm³/mol. The van der Waals surface area contributed by atoms with Crippen molar-refractivity contribution in [1.82, 2.24) is 9.97 Å². The number of anilines is 1. The number of pyridine rings is 1. The molecule has 0 N–H and O–H groups in total. The topological polar surface area (TPSA) is 55.3 Å². The van der Waals surface area contributed by atoms with Gasteiger partial charge in [0.25, 0.3) is 5.91 Å². The van der Waals surface area contributed by atoms with Crippen LogP contribution >= 0.6 is 11.3 Å². The van der Waals surface area contributed by atoms with Crippen LogP contribution in [0, 0.1) is 6.92 Å². The molecule has 6 heteroatoms. The Morgan fingerprint density at radius 2 is 1.66 bits per heavy atom. The molecule has 0 saturated carbocycles. The number of rotatable bonds is 7. The molecule has 0 aliphatic rings. The molecule has 3 aromatic carbocycles. The Morgan fingerprint density at radius 3 is 2.37 bits per heavy atom. The monoisotopic (exact) mass is 479 g/mol. The molecule has 2 heterocycles. The van der Waals surface area contributed by atoms with Gasteiger partial charge in [-0.25, -0.2) is 4.98 Å². The van der Waals surface area contributed by atoms with Crippen molar-refractivity contribution in [3.8, 4) is 5.75 Å². The number of hydrogen-bond acceptors (Lipinski definition) is 5. The molecule has 35 heavy (non-hydrogen) atoms. The summed E-state index contributed by atoms with van der Waals surface area (Å²) in [7, 11) is 1.64. The average molecular weight is 480 g/mol. The van der Waals surface area contributed by atoms with Gasteiger partial charge in [-0.1, -0.05) is 65.9 Å². The lowest BCUT2D eigenvalue weighted by Crippen LogP contribution is -2.30. The van der Waals surface area contributed by atoms with Gasteiger partial charge in [0.1, 0.15) is 11.3 Å². The molecule has 174 valence electrons. The third-order valence-electron chi connectivity index (χ3n) is 5.90. The molecule has 5 aromatic rings. The number of benzene rings is 3. The van der Waals surface area contributed by atoms with E-state index in [1.165, 1.54) is 16.9 Å². The molecule has 5 rings (SSSR count). The van der Waals surface area contributed by atoms with E-state index in [-0.39, 0.29) is 5.91 Å². The van der Waals surface area contributed by atoms with E-state index in [1.807, 2.05) is 73.7 Å². The highest BCUT2D eigenvalue weighted by Gasteiger charge is 2.23. The normalized spacial score (nSPS) is 10.9. The maximum atomic E-state index is 13.8. The van der Waals surface area contributed by atoms with Crippen LogP contribution in [0.2, 0.25) is 0 Å². The van der Waals surface area contributed by atoms with Gasteiger partial charge in [-0.3, -0.25) is 14.7 Å². The van der Waals surface area contributed by atoms with Gasteiger partial charge < -0.3 is 4.74 Å². The molecule has 0 unspecified atom stereocenters. The Hall–Kier alpha value is -4.03. The third kappa shape index (κ3) is 4.93. The van der Waals surface area contributed by atoms with Crippen molar-refractivity contribution in [2.24, 2.45) is 0 Å². The highest BCUT2D eigenvalue weighted by Crippen LogP contribution is 2.37. The standard InChI is InChI=1S/C29H25N3O2S/c1-20-10-15-25(34-2)26-27(20)35-29(31-26)32(19-23-9-6-16-30-18-23)28(33)24-13-11-22(12-14-24)17-21-7-4-3-5-8-21/h3-16,18H,17,19H2,1-2H3. The van der Waals surface area contributed by atoms with Crippen LogP contribution in [0.3, 0.4) is 0 Å². The minimum atomic E-state index is -0.101. The molecule has 5 nitrogen and oxygen atoms in total. The second-order valence-electron chi connectivity index (χ2n) is 8.37. The Balaban J connectivity index is 1.49. The fraction of sp³-hybridized carbons (Fsp3) is 0.138. The Labute approximate surface area is 208 Å². The third-order valence-corrected chi connectivity index (χ3v) is 7.12. The number of hydrogen-bond donors (Lipinski definition) is 0. The van der Waals surface area contributed by atoms with Gasteiger partial charge in [0.05, 0.1) is 18.4 Å². The second-order valence-corrected chi connectivity index (χ2v) is 9.35. The molecule has 0 aliphatic carbocycles. The van der Waals surface area contributed by atoms with Gasteiger partial charge in [-0.05, 0) is 59.9 Å². The summed E-state index contributed by atoms with van der Waals surface area (Å²) in [6.45, 7) is 2.42. The number of methoxy groups -OCH3 is 1. The van der Waals surface area contributed by atoms with Crippen molar-refractivity contribution < 1.29 is 9.53 Å². The van der Waals surface area contributed by atoms with E-state index >= 15 is 0 Å². The summed E-state index contributed by atoms with van der Waals surface area (Å²) in [5.41, 5.74) is 5.83. The first-order valence-corrected chi connectivity index (χ1v) is 12.2. The average Bonchev–Trinajstić information content (AvgIpc) is 3.35. The zero-order valence-corrected chi connectivity index (χ0v) is 20.5. The van der Waals surface area contributed by atoms with E-state index < -0.39 is 0 Å². The number of fused-ring (bicyclic) bond motifs is 1. The van der Waals surface area contributed by atoms with Crippen molar-refractivity contribution in [3.63, 3.8) is 0 Å². The molecule has 0 fully saturated rings. The molecule has 0 aliphatic heterocycles. The highest BCUT2D eigenvalue weighted by atomic mass is 32.1. The molecule has 0 atom stereocenters. The molecule has 0 radical (unpaired) electrons. The molecular formula is C29H25N3O2S. The number of nitrogens with zero attached hydrogens (tertiary/aromatic N) is 3. The summed E-state index contributed by atoms with van der Waals surface area (Å²) in [4.78, 5) is 24.6. The minimum Gasteiger partial charge on any atom is -0.494 e. The van der Waals surface area contributed by atoms with Gasteiger partial charge in [0.15, 0.2) is 5.13 Å². The molecular weight excluding hydrogens is 454 g/mol. The van der Waals surface area contributed by atoms with E-state index in [4.69, 9.17) is 9.72 Å². The lowest BCUT2D eigenvalue weighted by Gasteiger charge is -2.20. The Morgan fingerprint density at radius 1 is 0.914 bits per heavy atom. The first kappa shape index (κ1) is 22.7. The predicted octanol–water partition coefficient (Wildman–Crippen LogP) is 6.45. The van der Waals surface area contributed by atoms with Gasteiger partial charge in [0.2, 0.25) is 0 Å². The van der Waals surface area contributed by atoms with Gasteiger partial charge in [-0.2, -0.15) is 0 Å². The van der Waals surface area contributed by atoms with Crippen LogP contribution in [0.1, 0.15) is 32.6 Å². The maximum absolute atomic E-state index is 13.8. The summed E-state index contributed by atoms with van der Waals surface area (Å²) < 4.78 is 6.55. The molecule has 2 aromatic heterocycles. The van der Waals surface area contributed by atoms with Crippen LogP contribution in [0.25, 0.3) is 10.2 Å². The number of aromatic nitrogens is 2. The van der Waals surface area contributed by atoms with Crippen LogP contribution in [0.5, 0.6) is 5.75 Å². The van der Waals surface area contributed by atoms with E-state index in [0.29, 0.717) is 23.0 Å². The van der Waals surface area contributed by atoms with Gasteiger partial charge in [-0.15, -0.1) is 0 Å². The fourth-order valence-electron chi connectivity index (χ4n) is 4.03. The number of ether oxygens (including phenoxy) is 1. The Bertz CT molecular complexity index is 1450. The Kier molecular flexibility index (Phi) is 6.55. The SMILES string of the molecule is COc1ccc(C)c2sc(N(Cc3cccnc3)C(=O)c3ccc(Cc4ccccc4)cc3)nc12. The number of carbonyl (C=O) groups excluding carboxylic acids is 1. The summed E-state index contributed by atoms with van der Waals surface area (Å²) in [6.07, 6.45) is 4.33. The number of amides is 1. The van der Waals surface area contributed by atoms with Crippen molar-refractivity contribution in [2.45, 2.75) is 19.9 Å². The number of thiazole rings is 1. The quantitative estimate of drug-likeness (QED) is 0.269. The fourth-order valence-corrected chi connectivity index (χ4v) is 5.08. The van der Waals surface area contributed by atoms with E-state index in [9.17, 15) is 4.79 Å². The van der Waals surface area contributed by atoms with E-state index in [1.54, 1.807) is 24.4 Å².